The first-order chi connectivity index (χ1) is 9.08. The molecule has 0 bridgehead atoms. The number of aromatic carboxylic acids is 1. The van der Waals surface area contributed by atoms with E-state index in [1.807, 2.05) is 0 Å². The molecule has 0 aliphatic carbocycles. The second-order valence-electron chi connectivity index (χ2n) is 3.58. The lowest BCUT2D eigenvalue weighted by Gasteiger charge is -2.12. The molecular weight excluding hydrogens is 254 g/mol. The van der Waals surface area contributed by atoms with Crippen molar-refractivity contribution in [3.05, 3.63) is 24.0 Å². The zero-order valence-corrected chi connectivity index (χ0v) is 10.2. The van der Waals surface area contributed by atoms with Crippen LogP contribution in [0.3, 0.4) is 0 Å². The van der Waals surface area contributed by atoms with Gasteiger partial charge < -0.3 is 24.2 Å². The molecule has 19 heavy (non-hydrogen) atoms. The molecule has 7 heteroatoms. The lowest BCUT2D eigenvalue weighted by Crippen LogP contribution is -1.94. The fraction of sp³-hybridized carbons (Fsp3) is 0.167. The van der Waals surface area contributed by atoms with Gasteiger partial charge in [0.25, 0.3) is 0 Å². The Bertz CT molecular complexity index is 619. The van der Waals surface area contributed by atoms with Gasteiger partial charge >= 0.3 is 5.97 Å². The molecule has 1 aromatic heterocycles. The summed E-state index contributed by atoms with van der Waals surface area (Å²) in [6.07, 6.45) is 0. The van der Waals surface area contributed by atoms with Crippen LogP contribution in [0.5, 0.6) is 17.2 Å². The highest BCUT2D eigenvalue weighted by Crippen LogP contribution is 2.43. The van der Waals surface area contributed by atoms with Crippen LogP contribution >= 0.6 is 0 Å². The van der Waals surface area contributed by atoms with Crippen LogP contribution in [0.25, 0.3) is 11.3 Å². The number of phenolic OH excluding ortho intramolecular Hbond substituents is 1. The number of benzene rings is 1. The highest BCUT2D eigenvalue weighted by atomic mass is 16.5. The number of hydrogen-bond acceptors (Lipinski definition) is 6. The second kappa shape index (κ2) is 4.89. The predicted octanol–water partition coefficient (Wildman–Crippen LogP) is 1.76. The molecule has 7 nitrogen and oxygen atoms in total. The fourth-order valence-electron chi connectivity index (χ4n) is 1.66. The van der Waals surface area contributed by atoms with E-state index in [0.717, 1.165) is 0 Å². The topological polar surface area (TPSA) is 102 Å². The fourth-order valence-corrected chi connectivity index (χ4v) is 1.66. The van der Waals surface area contributed by atoms with Crippen molar-refractivity contribution >= 4 is 5.97 Å². The molecule has 1 aromatic carbocycles. The smallest absolute Gasteiger partial charge is 0.374 e. The first kappa shape index (κ1) is 12.7. The lowest BCUT2D eigenvalue weighted by atomic mass is 10.1. The predicted molar refractivity (Wildman–Crippen MR) is 63.7 cm³/mol. The van der Waals surface area contributed by atoms with Crippen LogP contribution in [0.4, 0.5) is 0 Å². The number of carbonyl (C=O) groups is 1. The molecule has 0 unspecified atom stereocenters. The minimum atomic E-state index is -1.25. The molecule has 0 spiro atoms. The maximum Gasteiger partial charge on any atom is 0.374 e. The Balaban J connectivity index is 2.62. The van der Waals surface area contributed by atoms with E-state index in [-0.39, 0.29) is 28.5 Å². The second-order valence-corrected chi connectivity index (χ2v) is 3.58. The molecule has 0 aliphatic heterocycles. The number of carboxylic acid groups (broad SMARTS) is 1. The quantitative estimate of drug-likeness (QED) is 0.868. The number of rotatable bonds is 4. The zero-order valence-electron chi connectivity index (χ0n) is 10.2. The van der Waals surface area contributed by atoms with Crippen LogP contribution in [0, 0.1) is 0 Å². The van der Waals surface area contributed by atoms with Crippen LogP contribution in [0.1, 0.15) is 10.6 Å². The maximum absolute atomic E-state index is 10.8. The van der Waals surface area contributed by atoms with Gasteiger partial charge in [-0.05, 0) is 12.1 Å². The molecule has 0 atom stereocenters. The number of aromatic hydroxyl groups is 1. The Kier molecular flexibility index (Phi) is 3.28. The largest absolute Gasteiger partial charge is 0.507 e. The molecule has 0 saturated heterocycles. The van der Waals surface area contributed by atoms with Crippen LogP contribution in [0.15, 0.2) is 22.7 Å². The van der Waals surface area contributed by atoms with Gasteiger partial charge in [-0.3, -0.25) is 0 Å². The van der Waals surface area contributed by atoms with Gasteiger partial charge in [-0.15, -0.1) is 0 Å². The molecule has 100 valence electrons. The van der Waals surface area contributed by atoms with Gasteiger partial charge in [0.2, 0.25) is 5.76 Å². The monoisotopic (exact) mass is 265 g/mol. The van der Waals surface area contributed by atoms with E-state index in [0.29, 0.717) is 5.75 Å². The molecular formula is C12H11NO6. The maximum atomic E-state index is 10.8. The van der Waals surface area contributed by atoms with Gasteiger partial charge in [0, 0.05) is 6.07 Å². The SMILES string of the molecule is COc1ccc(O)c(-c2cc(C(=O)O)on2)c1OC. The summed E-state index contributed by atoms with van der Waals surface area (Å²) in [4.78, 5) is 10.8. The molecule has 0 amide bonds. The van der Waals surface area contributed by atoms with Gasteiger partial charge in [0.1, 0.15) is 11.4 Å². The summed E-state index contributed by atoms with van der Waals surface area (Å²) in [6, 6.07) is 4.11. The third-order valence-corrected chi connectivity index (χ3v) is 2.50. The van der Waals surface area contributed by atoms with Crippen molar-refractivity contribution in [2.75, 3.05) is 14.2 Å². The first-order valence-electron chi connectivity index (χ1n) is 5.22. The minimum absolute atomic E-state index is 0.122. The van der Waals surface area contributed by atoms with E-state index < -0.39 is 5.97 Å². The molecule has 2 rings (SSSR count). The third-order valence-electron chi connectivity index (χ3n) is 2.50. The average Bonchev–Trinajstić information content (AvgIpc) is 2.87. The number of aromatic nitrogens is 1. The Labute approximate surface area is 108 Å². The van der Waals surface area contributed by atoms with E-state index in [9.17, 15) is 9.90 Å². The number of nitrogens with zero attached hydrogens (tertiary/aromatic N) is 1. The molecule has 0 aliphatic rings. The van der Waals surface area contributed by atoms with E-state index in [2.05, 4.69) is 9.68 Å². The van der Waals surface area contributed by atoms with Crippen molar-refractivity contribution in [2.45, 2.75) is 0 Å². The number of ether oxygens (including phenoxy) is 2. The summed E-state index contributed by atoms with van der Waals surface area (Å²) in [6.45, 7) is 0. The van der Waals surface area contributed by atoms with Crippen molar-refractivity contribution < 1.29 is 29.0 Å². The van der Waals surface area contributed by atoms with Crippen LogP contribution in [-0.4, -0.2) is 35.6 Å². The molecule has 0 fully saturated rings. The minimum Gasteiger partial charge on any atom is -0.507 e. The number of hydrogen-bond donors (Lipinski definition) is 2. The van der Waals surface area contributed by atoms with Crippen molar-refractivity contribution in [3.63, 3.8) is 0 Å². The summed E-state index contributed by atoms with van der Waals surface area (Å²) in [5.41, 5.74) is 0.351. The zero-order chi connectivity index (χ0) is 14.0. The van der Waals surface area contributed by atoms with Gasteiger partial charge in [0.05, 0.1) is 19.8 Å². The van der Waals surface area contributed by atoms with E-state index in [1.54, 1.807) is 0 Å². The summed E-state index contributed by atoms with van der Waals surface area (Å²) >= 11 is 0. The molecule has 1 heterocycles. The van der Waals surface area contributed by atoms with E-state index in [1.165, 1.54) is 32.4 Å². The van der Waals surface area contributed by atoms with Crippen LogP contribution < -0.4 is 9.47 Å². The molecule has 0 saturated carbocycles. The normalized spacial score (nSPS) is 10.2. The Morgan fingerprint density at radius 3 is 2.58 bits per heavy atom. The Hall–Kier alpha value is -2.70. The standard InChI is InChI=1S/C12H11NO6/c1-17-8-4-3-7(14)10(11(8)18-2)6-5-9(12(15)16)19-13-6/h3-5,14H,1-2H3,(H,15,16). The van der Waals surface area contributed by atoms with Gasteiger partial charge in [0.15, 0.2) is 11.5 Å². The molecule has 0 radical (unpaired) electrons. The third kappa shape index (κ3) is 2.17. The van der Waals surface area contributed by atoms with Gasteiger partial charge in [-0.25, -0.2) is 4.79 Å². The Morgan fingerprint density at radius 2 is 2.05 bits per heavy atom. The summed E-state index contributed by atoms with van der Waals surface area (Å²) in [7, 11) is 2.85. The van der Waals surface area contributed by atoms with Gasteiger partial charge in [-0.2, -0.15) is 0 Å². The van der Waals surface area contributed by atoms with Gasteiger partial charge in [-0.1, -0.05) is 5.16 Å². The van der Waals surface area contributed by atoms with Crippen LogP contribution in [-0.2, 0) is 0 Å². The number of carboxylic acids is 1. The first-order valence-corrected chi connectivity index (χ1v) is 5.22. The van der Waals surface area contributed by atoms with E-state index in [4.69, 9.17) is 14.6 Å². The summed E-state index contributed by atoms with van der Waals surface area (Å²) in [5, 5.41) is 22.3. The average molecular weight is 265 g/mol. The van der Waals surface area contributed by atoms with E-state index >= 15 is 0 Å². The highest BCUT2D eigenvalue weighted by molar-refractivity contribution is 5.87. The van der Waals surface area contributed by atoms with Crippen molar-refractivity contribution in [3.8, 4) is 28.5 Å². The Morgan fingerprint density at radius 1 is 1.32 bits per heavy atom. The van der Waals surface area contributed by atoms with Crippen molar-refractivity contribution in [1.29, 1.82) is 0 Å². The van der Waals surface area contributed by atoms with Crippen molar-refractivity contribution in [2.24, 2.45) is 0 Å². The lowest BCUT2D eigenvalue weighted by molar-refractivity contribution is 0.0652. The number of methoxy groups -OCH3 is 2. The highest BCUT2D eigenvalue weighted by Gasteiger charge is 2.21. The molecule has 2 N–H and O–H groups in total. The van der Waals surface area contributed by atoms with Crippen LogP contribution in [0.2, 0.25) is 0 Å². The summed E-state index contributed by atoms with van der Waals surface area (Å²) in [5.74, 6) is -1.08. The number of phenols is 1. The molecule has 2 aromatic rings. The summed E-state index contributed by atoms with van der Waals surface area (Å²) < 4.78 is 14.9. The van der Waals surface area contributed by atoms with Crippen molar-refractivity contribution in [1.82, 2.24) is 5.16 Å².